The van der Waals surface area contributed by atoms with Crippen molar-refractivity contribution in [2.45, 2.75) is 47.6 Å². The smallest absolute Gasteiger partial charge is 0.00867 e. The Kier molecular flexibility index (Phi) is 9.92. The summed E-state index contributed by atoms with van der Waals surface area (Å²) in [5, 5.41) is 0. The summed E-state index contributed by atoms with van der Waals surface area (Å²) in [5.41, 5.74) is 0. The number of hydrogen-bond donors (Lipinski definition) is 0. The summed E-state index contributed by atoms with van der Waals surface area (Å²) in [6.07, 6.45) is 0. The zero-order valence-corrected chi connectivity index (χ0v) is 9.31. The van der Waals surface area contributed by atoms with Crippen molar-refractivity contribution in [3.05, 3.63) is 0 Å². The summed E-state index contributed by atoms with van der Waals surface area (Å²) in [6, 6.07) is 0.718. The van der Waals surface area contributed by atoms with Crippen LogP contribution >= 0.6 is 0 Å². The fourth-order valence-corrected chi connectivity index (χ4v) is 0.797. The zero-order valence-electron chi connectivity index (χ0n) is 9.31. The van der Waals surface area contributed by atoms with Crippen molar-refractivity contribution in [3.8, 4) is 0 Å². The van der Waals surface area contributed by atoms with Crippen LogP contribution in [0.5, 0.6) is 0 Å². The van der Waals surface area contributed by atoms with Gasteiger partial charge in [0.25, 0.3) is 0 Å². The zero-order chi connectivity index (χ0) is 9.44. The quantitative estimate of drug-likeness (QED) is 0.612. The lowest BCUT2D eigenvalue weighted by molar-refractivity contribution is 0.218. The standard InChI is InChI=1S/C8H19N.C2H6/c1-6-9(5)8(4)7(2)3;1-2/h7-8H,6H2,1-5H3;1-2H3. The lowest BCUT2D eigenvalue weighted by Gasteiger charge is -2.26. The second-order valence-electron chi connectivity index (χ2n) is 3.06. The normalized spacial score (nSPS) is 12.8. The van der Waals surface area contributed by atoms with E-state index in [0.717, 1.165) is 18.5 Å². The van der Waals surface area contributed by atoms with Crippen LogP contribution < -0.4 is 0 Å². The maximum Gasteiger partial charge on any atom is 0.00867 e. The van der Waals surface area contributed by atoms with E-state index in [1.54, 1.807) is 0 Å². The van der Waals surface area contributed by atoms with Gasteiger partial charge in [-0.15, -0.1) is 0 Å². The van der Waals surface area contributed by atoms with Crippen LogP contribution in [0.3, 0.4) is 0 Å². The van der Waals surface area contributed by atoms with Crippen LogP contribution in [0, 0.1) is 5.92 Å². The highest BCUT2D eigenvalue weighted by Gasteiger charge is 2.09. The van der Waals surface area contributed by atoms with E-state index in [9.17, 15) is 0 Å². The fraction of sp³-hybridized carbons (Fsp3) is 1.00. The van der Waals surface area contributed by atoms with Gasteiger partial charge in [-0.1, -0.05) is 34.6 Å². The Morgan fingerprint density at radius 3 is 1.55 bits per heavy atom. The maximum atomic E-state index is 2.37. The molecule has 0 rings (SSSR count). The third-order valence-corrected chi connectivity index (χ3v) is 2.16. The van der Waals surface area contributed by atoms with Crippen molar-refractivity contribution in [2.24, 2.45) is 5.92 Å². The molecule has 0 aromatic rings. The van der Waals surface area contributed by atoms with E-state index >= 15 is 0 Å². The molecular formula is C10H25N. The lowest BCUT2D eigenvalue weighted by atomic mass is 10.1. The molecule has 1 nitrogen and oxygen atoms in total. The molecule has 0 N–H and O–H groups in total. The molecule has 0 spiro atoms. The van der Waals surface area contributed by atoms with Gasteiger partial charge in [-0.3, -0.25) is 0 Å². The minimum atomic E-state index is 0.718. The van der Waals surface area contributed by atoms with Gasteiger partial charge in [-0.05, 0) is 26.4 Å². The third kappa shape index (κ3) is 6.36. The highest BCUT2D eigenvalue weighted by molar-refractivity contribution is 4.64. The molecule has 0 saturated carbocycles. The Hall–Kier alpha value is -0.0400. The first-order valence-corrected chi connectivity index (χ1v) is 4.79. The maximum absolute atomic E-state index is 2.37. The second kappa shape index (κ2) is 8.06. The molecule has 70 valence electrons. The Bertz CT molecular complexity index is 69.3. The lowest BCUT2D eigenvalue weighted by Crippen LogP contribution is -2.32. The summed E-state index contributed by atoms with van der Waals surface area (Å²) >= 11 is 0. The molecule has 0 aliphatic carbocycles. The summed E-state index contributed by atoms with van der Waals surface area (Å²) < 4.78 is 0. The molecule has 1 unspecified atom stereocenters. The van der Waals surface area contributed by atoms with E-state index < -0.39 is 0 Å². The fourth-order valence-electron chi connectivity index (χ4n) is 0.797. The summed E-state index contributed by atoms with van der Waals surface area (Å²) in [4.78, 5) is 2.37. The first-order valence-electron chi connectivity index (χ1n) is 4.79. The van der Waals surface area contributed by atoms with E-state index in [0.29, 0.717) is 0 Å². The summed E-state index contributed by atoms with van der Waals surface area (Å²) in [5.74, 6) is 0.773. The Morgan fingerprint density at radius 1 is 1.09 bits per heavy atom. The van der Waals surface area contributed by atoms with Crippen molar-refractivity contribution in [1.82, 2.24) is 4.90 Å². The van der Waals surface area contributed by atoms with Gasteiger partial charge in [0.2, 0.25) is 0 Å². The van der Waals surface area contributed by atoms with Gasteiger partial charge < -0.3 is 4.90 Å². The minimum Gasteiger partial charge on any atom is -0.304 e. The Labute approximate surface area is 72.8 Å². The average molecular weight is 159 g/mol. The van der Waals surface area contributed by atoms with Gasteiger partial charge >= 0.3 is 0 Å². The predicted octanol–water partition coefficient (Wildman–Crippen LogP) is 3.01. The van der Waals surface area contributed by atoms with E-state index in [1.165, 1.54) is 0 Å². The molecule has 0 aromatic heterocycles. The van der Waals surface area contributed by atoms with Gasteiger partial charge in [-0.25, -0.2) is 0 Å². The first-order chi connectivity index (χ1) is 5.09. The van der Waals surface area contributed by atoms with Crippen LogP contribution in [0.15, 0.2) is 0 Å². The second-order valence-corrected chi connectivity index (χ2v) is 3.06. The number of rotatable bonds is 3. The van der Waals surface area contributed by atoms with Crippen molar-refractivity contribution >= 4 is 0 Å². The SMILES string of the molecule is CC.CCN(C)C(C)C(C)C. The van der Waals surface area contributed by atoms with Crippen molar-refractivity contribution in [1.29, 1.82) is 0 Å². The molecule has 1 atom stereocenters. The van der Waals surface area contributed by atoms with Gasteiger partial charge in [0, 0.05) is 6.04 Å². The van der Waals surface area contributed by atoms with Crippen molar-refractivity contribution in [2.75, 3.05) is 13.6 Å². The largest absolute Gasteiger partial charge is 0.304 e. The average Bonchev–Trinajstić information content (AvgIpc) is 2.05. The van der Waals surface area contributed by atoms with Crippen LogP contribution in [0.1, 0.15) is 41.5 Å². The third-order valence-electron chi connectivity index (χ3n) is 2.16. The molecule has 0 amide bonds. The number of hydrogen-bond acceptors (Lipinski definition) is 1. The summed E-state index contributed by atoms with van der Waals surface area (Å²) in [6.45, 7) is 14.1. The van der Waals surface area contributed by atoms with Gasteiger partial charge in [0.15, 0.2) is 0 Å². The van der Waals surface area contributed by atoms with Crippen molar-refractivity contribution in [3.63, 3.8) is 0 Å². The molecule has 0 heterocycles. The Morgan fingerprint density at radius 2 is 1.45 bits per heavy atom. The van der Waals surface area contributed by atoms with E-state index in [4.69, 9.17) is 0 Å². The highest BCUT2D eigenvalue weighted by atomic mass is 15.1. The number of nitrogens with zero attached hydrogens (tertiary/aromatic N) is 1. The molecule has 0 saturated heterocycles. The molecule has 0 bridgehead atoms. The molecular weight excluding hydrogens is 134 g/mol. The Balaban J connectivity index is 0. The van der Waals surface area contributed by atoms with Crippen molar-refractivity contribution < 1.29 is 0 Å². The molecule has 0 aliphatic rings. The van der Waals surface area contributed by atoms with Gasteiger partial charge in [0.05, 0.1) is 0 Å². The van der Waals surface area contributed by atoms with Crippen LogP contribution in [-0.2, 0) is 0 Å². The van der Waals surface area contributed by atoms with Crippen LogP contribution in [0.2, 0.25) is 0 Å². The highest BCUT2D eigenvalue weighted by Crippen LogP contribution is 2.06. The monoisotopic (exact) mass is 159 g/mol. The molecule has 11 heavy (non-hydrogen) atoms. The van der Waals surface area contributed by atoms with E-state index in [2.05, 4.69) is 39.6 Å². The van der Waals surface area contributed by atoms with Gasteiger partial charge in [-0.2, -0.15) is 0 Å². The molecule has 0 radical (unpaired) electrons. The van der Waals surface area contributed by atoms with Gasteiger partial charge in [0.1, 0.15) is 0 Å². The van der Waals surface area contributed by atoms with Crippen LogP contribution in [0.25, 0.3) is 0 Å². The molecule has 0 aliphatic heterocycles. The molecule has 0 aromatic carbocycles. The topological polar surface area (TPSA) is 3.24 Å². The van der Waals surface area contributed by atoms with Crippen LogP contribution in [-0.4, -0.2) is 24.5 Å². The molecule has 0 fully saturated rings. The first kappa shape index (κ1) is 13.5. The van der Waals surface area contributed by atoms with E-state index in [-0.39, 0.29) is 0 Å². The molecule has 1 heteroatoms. The van der Waals surface area contributed by atoms with Crippen LogP contribution in [0.4, 0.5) is 0 Å². The summed E-state index contributed by atoms with van der Waals surface area (Å²) in [7, 11) is 2.17. The van der Waals surface area contributed by atoms with E-state index in [1.807, 2.05) is 13.8 Å². The minimum absolute atomic E-state index is 0.718. The predicted molar refractivity (Wildman–Crippen MR) is 54.0 cm³/mol.